The van der Waals surface area contributed by atoms with E-state index in [0.717, 1.165) is 48.3 Å². The molecule has 0 spiro atoms. The van der Waals surface area contributed by atoms with Crippen LogP contribution in [0, 0.1) is 0 Å². The number of benzene rings is 7. The average molecular weight is 649 g/mol. The number of aromatic nitrogens is 4. The smallest absolute Gasteiger partial charge is 0.165 e. The highest BCUT2D eigenvalue weighted by Crippen LogP contribution is 2.43. The molecule has 224 valence electrons. The van der Waals surface area contributed by atoms with Crippen LogP contribution in [0.3, 0.4) is 0 Å². The van der Waals surface area contributed by atoms with E-state index in [2.05, 4.69) is 121 Å². The second-order valence-corrected chi connectivity index (χ2v) is 13.9. The maximum Gasteiger partial charge on any atom is 0.165 e. The molecule has 10 rings (SSSR count). The Hall–Kier alpha value is -5.82. The van der Waals surface area contributed by atoms with E-state index in [4.69, 9.17) is 19.9 Å². The summed E-state index contributed by atoms with van der Waals surface area (Å²) in [6.45, 7) is 0. The van der Waals surface area contributed by atoms with Gasteiger partial charge in [-0.15, -0.1) is 22.7 Å². The Morgan fingerprint density at radius 1 is 0.375 bits per heavy atom. The Kier molecular flexibility index (Phi) is 6.19. The fraction of sp³-hybridized carbons (Fsp3) is 0. The Balaban J connectivity index is 1.20. The molecule has 48 heavy (non-hydrogen) atoms. The molecule has 0 aliphatic carbocycles. The topological polar surface area (TPSA) is 51.6 Å². The van der Waals surface area contributed by atoms with Crippen molar-refractivity contribution in [2.45, 2.75) is 0 Å². The van der Waals surface area contributed by atoms with Gasteiger partial charge in [-0.25, -0.2) is 19.9 Å². The Morgan fingerprint density at radius 3 is 1.83 bits per heavy atom. The highest BCUT2D eigenvalue weighted by Gasteiger charge is 2.19. The van der Waals surface area contributed by atoms with Crippen LogP contribution in [0.4, 0.5) is 0 Å². The van der Waals surface area contributed by atoms with Gasteiger partial charge in [0.1, 0.15) is 5.01 Å². The molecule has 0 unspecified atom stereocenters. The first kappa shape index (κ1) is 27.3. The summed E-state index contributed by atoms with van der Waals surface area (Å²) in [5.74, 6) is 1.99. The van der Waals surface area contributed by atoms with Gasteiger partial charge in [-0.05, 0) is 45.8 Å². The summed E-state index contributed by atoms with van der Waals surface area (Å²) in [6.07, 6.45) is 0. The summed E-state index contributed by atoms with van der Waals surface area (Å²) >= 11 is 3.51. The zero-order chi connectivity index (χ0) is 31.6. The monoisotopic (exact) mass is 648 g/mol. The van der Waals surface area contributed by atoms with Gasteiger partial charge in [-0.1, -0.05) is 121 Å². The van der Waals surface area contributed by atoms with Crippen LogP contribution in [-0.4, -0.2) is 19.9 Å². The largest absolute Gasteiger partial charge is 0.236 e. The van der Waals surface area contributed by atoms with Gasteiger partial charge in [0.25, 0.3) is 0 Å². The predicted octanol–water partition coefficient (Wildman–Crippen LogP) is 11.8. The van der Waals surface area contributed by atoms with Gasteiger partial charge < -0.3 is 0 Å². The van der Waals surface area contributed by atoms with Crippen molar-refractivity contribution in [2.75, 3.05) is 0 Å². The SMILES string of the molecule is c1ccc(-c2nc(-c3cc4ccccc4c4ccccc34)nc(-c3cccc4c3sc3cc5nc(-c6ccccc6)sc5cc34)n2)cc1. The summed E-state index contributed by atoms with van der Waals surface area (Å²) in [4.78, 5) is 20.5. The van der Waals surface area contributed by atoms with Crippen LogP contribution in [-0.2, 0) is 0 Å². The molecule has 0 N–H and O–H groups in total. The number of rotatable bonds is 4. The van der Waals surface area contributed by atoms with E-state index in [-0.39, 0.29) is 0 Å². The number of hydrogen-bond donors (Lipinski definition) is 0. The lowest BCUT2D eigenvalue weighted by molar-refractivity contribution is 1.08. The van der Waals surface area contributed by atoms with Crippen LogP contribution in [0.1, 0.15) is 0 Å². The minimum atomic E-state index is 0.657. The van der Waals surface area contributed by atoms with Crippen LogP contribution in [0.5, 0.6) is 0 Å². The van der Waals surface area contributed by atoms with Gasteiger partial charge in [0.15, 0.2) is 17.5 Å². The van der Waals surface area contributed by atoms with E-state index in [1.54, 1.807) is 22.7 Å². The Morgan fingerprint density at radius 2 is 1.02 bits per heavy atom. The maximum absolute atomic E-state index is 5.24. The molecule has 7 aromatic carbocycles. The second-order valence-electron chi connectivity index (χ2n) is 11.8. The normalized spacial score (nSPS) is 11.8. The van der Waals surface area contributed by atoms with Crippen molar-refractivity contribution < 1.29 is 0 Å². The summed E-state index contributed by atoms with van der Waals surface area (Å²) in [5, 5.41) is 8.15. The van der Waals surface area contributed by atoms with Crippen molar-refractivity contribution in [2.24, 2.45) is 0 Å². The molecule has 0 saturated heterocycles. The molecular formula is C42H24N4S2. The number of fused-ring (bicyclic) bond motifs is 7. The van der Waals surface area contributed by atoms with E-state index in [9.17, 15) is 0 Å². The first-order chi connectivity index (χ1) is 23.8. The second kappa shape index (κ2) is 10.9. The average Bonchev–Trinajstić information content (AvgIpc) is 3.74. The number of nitrogens with zero attached hydrogens (tertiary/aromatic N) is 4. The highest BCUT2D eigenvalue weighted by molar-refractivity contribution is 7.26. The lowest BCUT2D eigenvalue weighted by atomic mass is 9.97. The number of thiophene rings is 1. The molecule has 0 fully saturated rings. The van der Waals surface area contributed by atoms with E-state index in [0.29, 0.717) is 17.5 Å². The molecular weight excluding hydrogens is 625 g/mol. The quantitative estimate of drug-likeness (QED) is 0.178. The van der Waals surface area contributed by atoms with E-state index >= 15 is 0 Å². The third kappa shape index (κ3) is 4.42. The predicted molar refractivity (Wildman–Crippen MR) is 203 cm³/mol. The van der Waals surface area contributed by atoms with Gasteiger partial charge in [0, 0.05) is 42.4 Å². The third-order valence-electron chi connectivity index (χ3n) is 8.94. The first-order valence-electron chi connectivity index (χ1n) is 15.8. The van der Waals surface area contributed by atoms with Crippen LogP contribution in [0.15, 0.2) is 146 Å². The van der Waals surface area contributed by atoms with Gasteiger partial charge in [-0.3, -0.25) is 0 Å². The van der Waals surface area contributed by atoms with Crippen LogP contribution in [0.2, 0.25) is 0 Å². The summed E-state index contributed by atoms with van der Waals surface area (Å²) in [5.41, 5.74) is 5.12. The minimum absolute atomic E-state index is 0.657. The van der Waals surface area contributed by atoms with Crippen molar-refractivity contribution in [1.29, 1.82) is 0 Å². The Labute approximate surface area is 283 Å². The van der Waals surface area contributed by atoms with E-state index in [1.165, 1.54) is 30.9 Å². The summed E-state index contributed by atoms with van der Waals surface area (Å²) in [6, 6.07) is 50.9. The van der Waals surface area contributed by atoms with Gasteiger partial charge >= 0.3 is 0 Å². The molecule has 0 radical (unpaired) electrons. The summed E-state index contributed by atoms with van der Waals surface area (Å²) in [7, 11) is 0. The summed E-state index contributed by atoms with van der Waals surface area (Å²) < 4.78 is 3.55. The molecule has 0 bridgehead atoms. The Bertz CT molecular complexity index is 2840. The number of thiazole rings is 1. The van der Waals surface area contributed by atoms with Gasteiger partial charge in [0.05, 0.1) is 10.2 Å². The molecule has 0 aliphatic heterocycles. The molecule has 3 aromatic heterocycles. The fourth-order valence-corrected chi connectivity index (χ4v) is 8.89. The maximum atomic E-state index is 5.24. The third-order valence-corrected chi connectivity index (χ3v) is 11.2. The molecule has 0 amide bonds. The molecule has 6 heteroatoms. The zero-order valence-corrected chi connectivity index (χ0v) is 27.1. The highest BCUT2D eigenvalue weighted by atomic mass is 32.1. The lowest BCUT2D eigenvalue weighted by Crippen LogP contribution is -2.00. The van der Waals surface area contributed by atoms with Gasteiger partial charge in [0.2, 0.25) is 0 Å². The first-order valence-corrected chi connectivity index (χ1v) is 17.4. The number of hydrogen-bond acceptors (Lipinski definition) is 6. The molecule has 4 nitrogen and oxygen atoms in total. The van der Waals surface area contributed by atoms with Crippen molar-refractivity contribution in [3.63, 3.8) is 0 Å². The zero-order valence-electron chi connectivity index (χ0n) is 25.5. The molecule has 10 aromatic rings. The molecule has 3 heterocycles. The standard InChI is InChI=1S/C42H24N4S2/c1-3-12-25(13-4-1)39-44-40(46-41(45-39)34-22-27-16-7-8-17-28(27)29-18-9-10-19-30(29)34)32-21-11-20-31-33-23-37-35(24-36(33)47-38(31)32)43-42(48-37)26-14-5-2-6-15-26/h1-24H. The molecule has 0 atom stereocenters. The molecule has 0 aliphatic rings. The van der Waals surface area contributed by atoms with Crippen LogP contribution >= 0.6 is 22.7 Å². The minimum Gasteiger partial charge on any atom is -0.236 e. The van der Waals surface area contributed by atoms with Crippen LogP contribution < -0.4 is 0 Å². The van der Waals surface area contributed by atoms with Crippen molar-refractivity contribution in [3.05, 3.63) is 146 Å². The van der Waals surface area contributed by atoms with E-state index in [1.807, 2.05) is 24.3 Å². The fourth-order valence-electron chi connectivity index (χ4n) is 6.67. The van der Waals surface area contributed by atoms with Crippen molar-refractivity contribution >= 4 is 74.6 Å². The van der Waals surface area contributed by atoms with Crippen molar-refractivity contribution in [3.8, 4) is 44.7 Å². The lowest BCUT2D eigenvalue weighted by Gasteiger charge is -2.12. The van der Waals surface area contributed by atoms with Crippen LogP contribution in [0.25, 0.3) is 96.7 Å². The van der Waals surface area contributed by atoms with Crippen molar-refractivity contribution in [1.82, 2.24) is 19.9 Å². The molecule has 0 saturated carbocycles. The van der Waals surface area contributed by atoms with Gasteiger partial charge in [-0.2, -0.15) is 0 Å². The van der Waals surface area contributed by atoms with E-state index < -0.39 is 0 Å².